The molecular weight excluding hydrogens is 220 g/mol. The molecule has 0 unspecified atom stereocenters. The molecule has 1 aromatic carbocycles. The maximum atomic E-state index is 11.2. The number of carbonyl (C=O) groups is 1. The summed E-state index contributed by atoms with van der Waals surface area (Å²) in [6.45, 7) is 4.66. The van der Waals surface area contributed by atoms with Gasteiger partial charge in [0.05, 0.1) is 13.2 Å². The minimum absolute atomic E-state index is 0.273. The summed E-state index contributed by atoms with van der Waals surface area (Å²) in [5.41, 5.74) is 0.979. The van der Waals surface area contributed by atoms with Crippen molar-refractivity contribution in [3.8, 4) is 11.5 Å². The van der Waals surface area contributed by atoms with Gasteiger partial charge in [0, 0.05) is 13.5 Å². The van der Waals surface area contributed by atoms with Crippen LogP contribution in [-0.4, -0.2) is 19.7 Å². The second kappa shape index (κ2) is 6.91. The Hall–Kier alpha value is -1.55. The third-order valence-corrected chi connectivity index (χ3v) is 2.13. The Balaban J connectivity index is 2.90. The summed E-state index contributed by atoms with van der Waals surface area (Å²) in [5, 5.41) is 0. The van der Waals surface area contributed by atoms with Gasteiger partial charge in [-0.05, 0) is 24.6 Å². The first kappa shape index (κ1) is 13.5. The molecule has 17 heavy (non-hydrogen) atoms. The molecule has 0 atom stereocenters. The predicted molar refractivity (Wildman–Crippen MR) is 64.3 cm³/mol. The van der Waals surface area contributed by atoms with Crippen molar-refractivity contribution in [3.05, 3.63) is 23.8 Å². The number of benzene rings is 1. The van der Waals surface area contributed by atoms with E-state index in [-0.39, 0.29) is 5.97 Å². The quantitative estimate of drug-likeness (QED) is 0.564. The van der Waals surface area contributed by atoms with E-state index in [1.807, 2.05) is 19.1 Å². The fourth-order valence-electron chi connectivity index (χ4n) is 1.36. The number of carbonyl (C=O) groups excluding carboxylic acids is 1. The highest BCUT2D eigenvalue weighted by molar-refractivity contribution is 5.72. The smallest absolute Gasteiger partial charge is 0.311 e. The molecule has 0 spiro atoms. The molecule has 0 aromatic heterocycles. The molecule has 0 heterocycles. The predicted octanol–water partition coefficient (Wildman–Crippen LogP) is 2.55. The molecule has 0 amide bonds. The lowest BCUT2D eigenvalue weighted by Gasteiger charge is -2.11. The largest absolute Gasteiger partial charge is 0.490 e. The van der Waals surface area contributed by atoms with Gasteiger partial charge in [0.25, 0.3) is 0 Å². The van der Waals surface area contributed by atoms with E-state index < -0.39 is 0 Å². The molecule has 0 radical (unpaired) electrons. The van der Waals surface area contributed by atoms with E-state index in [2.05, 4.69) is 0 Å². The molecule has 0 bridgehead atoms. The van der Waals surface area contributed by atoms with E-state index >= 15 is 0 Å². The van der Waals surface area contributed by atoms with Crippen LogP contribution >= 0.6 is 0 Å². The van der Waals surface area contributed by atoms with Crippen molar-refractivity contribution in [1.82, 2.24) is 0 Å². The second-order valence-corrected chi connectivity index (χ2v) is 3.47. The zero-order chi connectivity index (χ0) is 12.7. The third-order valence-electron chi connectivity index (χ3n) is 2.13. The molecule has 0 aliphatic heterocycles. The normalized spacial score (nSPS) is 10.1. The van der Waals surface area contributed by atoms with E-state index in [0.29, 0.717) is 31.1 Å². The molecule has 4 nitrogen and oxygen atoms in total. The van der Waals surface area contributed by atoms with Crippen molar-refractivity contribution in [2.75, 3.05) is 13.7 Å². The van der Waals surface area contributed by atoms with E-state index in [1.54, 1.807) is 20.1 Å². The standard InChI is InChI=1S/C13H18O4/c1-4-13(14)17-11-7-6-10(9-15-3)8-12(11)16-5-2/h6-8H,4-5,9H2,1-3H3. The van der Waals surface area contributed by atoms with E-state index in [1.165, 1.54) is 0 Å². The highest BCUT2D eigenvalue weighted by Gasteiger charge is 2.09. The molecule has 0 N–H and O–H groups in total. The van der Waals surface area contributed by atoms with Gasteiger partial charge in [0.15, 0.2) is 11.5 Å². The van der Waals surface area contributed by atoms with Crippen LogP contribution in [0.3, 0.4) is 0 Å². The van der Waals surface area contributed by atoms with Crippen LogP contribution in [0.15, 0.2) is 18.2 Å². The fraction of sp³-hybridized carbons (Fsp3) is 0.462. The molecule has 1 aromatic rings. The van der Waals surface area contributed by atoms with Gasteiger partial charge in [-0.15, -0.1) is 0 Å². The molecule has 0 fully saturated rings. The minimum Gasteiger partial charge on any atom is -0.490 e. The fourth-order valence-corrected chi connectivity index (χ4v) is 1.36. The minimum atomic E-state index is -0.273. The van der Waals surface area contributed by atoms with Crippen LogP contribution in [0.1, 0.15) is 25.8 Å². The molecule has 4 heteroatoms. The Morgan fingerprint density at radius 1 is 1.24 bits per heavy atom. The van der Waals surface area contributed by atoms with Crippen molar-refractivity contribution in [2.45, 2.75) is 26.9 Å². The Morgan fingerprint density at radius 3 is 2.59 bits per heavy atom. The number of hydrogen-bond donors (Lipinski definition) is 0. The zero-order valence-corrected chi connectivity index (χ0v) is 10.5. The van der Waals surface area contributed by atoms with Crippen LogP contribution in [0.2, 0.25) is 0 Å². The van der Waals surface area contributed by atoms with Crippen LogP contribution in [-0.2, 0) is 16.1 Å². The Morgan fingerprint density at radius 2 is 2.00 bits per heavy atom. The van der Waals surface area contributed by atoms with Crippen molar-refractivity contribution in [1.29, 1.82) is 0 Å². The van der Waals surface area contributed by atoms with Gasteiger partial charge in [-0.1, -0.05) is 13.0 Å². The summed E-state index contributed by atoms with van der Waals surface area (Å²) in [5.74, 6) is 0.757. The highest BCUT2D eigenvalue weighted by atomic mass is 16.6. The highest BCUT2D eigenvalue weighted by Crippen LogP contribution is 2.29. The van der Waals surface area contributed by atoms with Crippen LogP contribution in [0.5, 0.6) is 11.5 Å². The number of esters is 1. The molecule has 1 rings (SSSR count). The summed E-state index contributed by atoms with van der Waals surface area (Å²) < 4.78 is 15.7. The lowest BCUT2D eigenvalue weighted by atomic mass is 10.2. The van der Waals surface area contributed by atoms with Crippen molar-refractivity contribution in [2.24, 2.45) is 0 Å². The topological polar surface area (TPSA) is 44.8 Å². The molecule has 0 aliphatic carbocycles. The Kier molecular flexibility index (Phi) is 5.49. The van der Waals surface area contributed by atoms with Crippen molar-refractivity contribution in [3.63, 3.8) is 0 Å². The summed E-state index contributed by atoms with van der Waals surface area (Å²) in [6.07, 6.45) is 0.339. The van der Waals surface area contributed by atoms with E-state index in [0.717, 1.165) is 5.56 Å². The summed E-state index contributed by atoms with van der Waals surface area (Å²) in [7, 11) is 1.63. The van der Waals surface area contributed by atoms with Crippen LogP contribution < -0.4 is 9.47 Å². The molecule has 0 saturated heterocycles. The first-order chi connectivity index (χ1) is 8.21. The van der Waals surface area contributed by atoms with E-state index in [9.17, 15) is 4.79 Å². The average molecular weight is 238 g/mol. The molecule has 0 aliphatic rings. The number of hydrogen-bond acceptors (Lipinski definition) is 4. The van der Waals surface area contributed by atoms with Crippen LogP contribution in [0.4, 0.5) is 0 Å². The van der Waals surface area contributed by atoms with Gasteiger partial charge < -0.3 is 14.2 Å². The third kappa shape index (κ3) is 4.07. The SMILES string of the molecule is CCOc1cc(COC)ccc1OC(=O)CC. The molecule has 94 valence electrons. The number of rotatable bonds is 6. The van der Waals surface area contributed by atoms with Gasteiger partial charge >= 0.3 is 5.97 Å². The maximum absolute atomic E-state index is 11.2. The van der Waals surface area contributed by atoms with Gasteiger partial charge in [-0.2, -0.15) is 0 Å². The monoisotopic (exact) mass is 238 g/mol. The van der Waals surface area contributed by atoms with Gasteiger partial charge in [0.1, 0.15) is 0 Å². The van der Waals surface area contributed by atoms with Gasteiger partial charge in [-0.3, -0.25) is 4.79 Å². The van der Waals surface area contributed by atoms with Crippen LogP contribution in [0.25, 0.3) is 0 Å². The number of ether oxygens (including phenoxy) is 3. The van der Waals surface area contributed by atoms with Crippen molar-refractivity contribution < 1.29 is 19.0 Å². The first-order valence-corrected chi connectivity index (χ1v) is 5.66. The summed E-state index contributed by atoms with van der Waals surface area (Å²) >= 11 is 0. The van der Waals surface area contributed by atoms with Gasteiger partial charge in [0.2, 0.25) is 0 Å². The van der Waals surface area contributed by atoms with Crippen molar-refractivity contribution >= 4 is 5.97 Å². The Bertz CT molecular complexity index is 374. The lowest BCUT2D eigenvalue weighted by molar-refractivity contribution is -0.134. The summed E-state index contributed by atoms with van der Waals surface area (Å²) in [4.78, 5) is 11.2. The first-order valence-electron chi connectivity index (χ1n) is 5.66. The summed E-state index contributed by atoms with van der Waals surface area (Å²) in [6, 6.07) is 5.41. The van der Waals surface area contributed by atoms with Gasteiger partial charge in [-0.25, -0.2) is 0 Å². The zero-order valence-electron chi connectivity index (χ0n) is 10.5. The van der Waals surface area contributed by atoms with E-state index in [4.69, 9.17) is 14.2 Å². The lowest BCUT2D eigenvalue weighted by Crippen LogP contribution is -2.07. The molecule has 0 saturated carbocycles. The molecular formula is C13H18O4. The number of methoxy groups -OCH3 is 1. The maximum Gasteiger partial charge on any atom is 0.311 e. The second-order valence-electron chi connectivity index (χ2n) is 3.47. The van der Waals surface area contributed by atoms with Crippen LogP contribution in [0, 0.1) is 0 Å². The Labute approximate surface area is 101 Å². The average Bonchev–Trinajstić information content (AvgIpc) is 2.33.